The van der Waals surface area contributed by atoms with E-state index in [0.29, 0.717) is 11.3 Å². The van der Waals surface area contributed by atoms with Crippen molar-refractivity contribution in [3.8, 4) is 0 Å². The average molecular weight is 393 g/mol. The Morgan fingerprint density at radius 3 is 2.21 bits per heavy atom. The summed E-state index contributed by atoms with van der Waals surface area (Å²) in [4.78, 5) is 34.4. The molecule has 0 heterocycles. The van der Waals surface area contributed by atoms with Gasteiger partial charge in [0.15, 0.2) is 5.78 Å². The van der Waals surface area contributed by atoms with Crippen molar-refractivity contribution in [3.63, 3.8) is 0 Å². The summed E-state index contributed by atoms with van der Waals surface area (Å²) >= 11 is 0. The second-order valence-corrected chi connectivity index (χ2v) is 5.98. The molecule has 148 valence electrons. The molecule has 0 unspecified atom stereocenters. The summed E-state index contributed by atoms with van der Waals surface area (Å²) in [5, 5.41) is 7.24. The molecule has 0 spiro atoms. The van der Waals surface area contributed by atoms with Gasteiger partial charge < -0.3 is 16.0 Å². The van der Waals surface area contributed by atoms with Crippen molar-refractivity contribution < 1.29 is 27.6 Å². The minimum absolute atomic E-state index is 0.00382. The molecule has 0 aliphatic rings. The van der Waals surface area contributed by atoms with Crippen LogP contribution in [0.3, 0.4) is 0 Å². The number of alkyl halides is 3. The number of hydrogen-bond acceptors (Lipinski definition) is 4. The lowest BCUT2D eigenvalue weighted by Gasteiger charge is -2.16. The first kappa shape index (κ1) is 20.9. The zero-order chi connectivity index (χ0) is 20.9. The summed E-state index contributed by atoms with van der Waals surface area (Å²) < 4.78 is 39.8. The highest BCUT2D eigenvalue weighted by molar-refractivity contribution is 5.98. The molecule has 9 heteroatoms. The molecular weight excluding hydrogens is 375 g/mol. The molecule has 2 aromatic carbocycles. The number of halogens is 3. The normalized spacial score (nSPS) is 10.9. The van der Waals surface area contributed by atoms with Crippen molar-refractivity contribution in [1.82, 2.24) is 0 Å². The number of nitrogens with one attached hydrogen (secondary N) is 3. The Kier molecular flexibility index (Phi) is 6.40. The predicted molar refractivity (Wildman–Crippen MR) is 99.3 cm³/mol. The van der Waals surface area contributed by atoms with Crippen molar-refractivity contribution in [2.24, 2.45) is 0 Å². The third-order valence-electron chi connectivity index (χ3n) is 3.64. The highest BCUT2D eigenvalue weighted by atomic mass is 19.4. The van der Waals surface area contributed by atoms with Crippen LogP contribution in [0, 0.1) is 0 Å². The van der Waals surface area contributed by atoms with E-state index in [9.17, 15) is 27.6 Å². The van der Waals surface area contributed by atoms with Gasteiger partial charge in [0.1, 0.15) is 0 Å². The fraction of sp³-hybridized carbons (Fsp3) is 0.211. The second-order valence-electron chi connectivity index (χ2n) is 5.98. The standard InChI is InChI=1S/C19H18F3N3O3/c1-11(26)13-4-3-5-14(8-13)25-18(28)10-23-17-7-6-15(24-12(2)27)9-16(17)19(20,21)22/h3-9,23H,10H2,1-2H3,(H,24,27)(H,25,28). The molecule has 0 aliphatic carbocycles. The van der Waals surface area contributed by atoms with Crippen LogP contribution in [0.5, 0.6) is 0 Å². The molecule has 0 saturated carbocycles. The third kappa shape index (κ3) is 5.83. The van der Waals surface area contributed by atoms with Gasteiger partial charge in [0, 0.05) is 29.5 Å². The number of rotatable bonds is 6. The van der Waals surface area contributed by atoms with Crippen LogP contribution in [0.2, 0.25) is 0 Å². The minimum Gasteiger partial charge on any atom is -0.376 e. The van der Waals surface area contributed by atoms with Crippen molar-refractivity contribution in [3.05, 3.63) is 53.6 Å². The predicted octanol–water partition coefficient (Wildman–Crippen LogP) is 3.92. The van der Waals surface area contributed by atoms with Crippen LogP contribution < -0.4 is 16.0 Å². The molecule has 0 aromatic heterocycles. The number of carbonyl (C=O) groups excluding carboxylic acids is 3. The van der Waals surface area contributed by atoms with E-state index in [1.807, 2.05) is 0 Å². The van der Waals surface area contributed by atoms with Gasteiger partial charge in [-0.15, -0.1) is 0 Å². The Hall–Kier alpha value is -3.36. The number of amides is 2. The van der Waals surface area contributed by atoms with Gasteiger partial charge in [-0.3, -0.25) is 14.4 Å². The number of Topliss-reactive ketones (excluding diaryl/α,β-unsaturated/α-hetero) is 1. The molecule has 3 N–H and O–H groups in total. The summed E-state index contributed by atoms with van der Waals surface area (Å²) in [6.07, 6.45) is -4.68. The zero-order valence-electron chi connectivity index (χ0n) is 15.1. The van der Waals surface area contributed by atoms with Crippen LogP contribution in [0.15, 0.2) is 42.5 Å². The number of ketones is 1. The van der Waals surface area contributed by atoms with E-state index in [0.717, 1.165) is 12.1 Å². The lowest BCUT2D eigenvalue weighted by molar-refractivity contribution is -0.137. The van der Waals surface area contributed by atoms with Crippen LogP contribution in [-0.2, 0) is 15.8 Å². The van der Waals surface area contributed by atoms with Gasteiger partial charge in [-0.05, 0) is 37.3 Å². The zero-order valence-corrected chi connectivity index (χ0v) is 15.1. The van der Waals surface area contributed by atoms with Gasteiger partial charge in [-0.25, -0.2) is 0 Å². The molecule has 0 saturated heterocycles. The highest BCUT2D eigenvalue weighted by Gasteiger charge is 2.34. The SMILES string of the molecule is CC(=O)Nc1ccc(NCC(=O)Nc2cccc(C(C)=O)c2)c(C(F)(F)F)c1. The van der Waals surface area contributed by atoms with Crippen LogP contribution in [0.4, 0.5) is 30.2 Å². The van der Waals surface area contributed by atoms with E-state index in [1.165, 1.54) is 26.0 Å². The van der Waals surface area contributed by atoms with E-state index in [4.69, 9.17) is 0 Å². The Labute approximate surface area is 159 Å². The van der Waals surface area contributed by atoms with Crippen LogP contribution in [0.1, 0.15) is 29.8 Å². The average Bonchev–Trinajstić information content (AvgIpc) is 2.59. The number of hydrogen-bond donors (Lipinski definition) is 3. The largest absolute Gasteiger partial charge is 0.418 e. The van der Waals surface area contributed by atoms with E-state index < -0.39 is 30.1 Å². The Morgan fingerprint density at radius 1 is 0.929 bits per heavy atom. The summed E-state index contributed by atoms with van der Waals surface area (Å²) in [7, 11) is 0. The summed E-state index contributed by atoms with van der Waals surface area (Å²) in [5.41, 5.74) is -0.550. The van der Waals surface area contributed by atoms with Crippen LogP contribution in [-0.4, -0.2) is 24.1 Å². The van der Waals surface area contributed by atoms with Gasteiger partial charge >= 0.3 is 6.18 Å². The molecule has 0 bridgehead atoms. The number of benzene rings is 2. The highest BCUT2D eigenvalue weighted by Crippen LogP contribution is 2.36. The third-order valence-corrected chi connectivity index (χ3v) is 3.64. The van der Waals surface area contributed by atoms with Crippen molar-refractivity contribution >= 4 is 34.7 Å². The van der Waals surface area contributed by atoms with E-state index >= 15 is 0 Å². The first-order valence-corrected chi connectivity index (χ1v) is 8.20. The Balaban J connectivity index is 2.10. The van der Waals surface area contributed by atoms with Crippen molar-refractivity contribution in [2.45, 2.75) is 20.0 Å². The molecule has 0 atom stereocenters. The summed E-state index contributed by atoms with van der Waals surface area (Å²) in [6.45, 7) is 2.14. The maximum Gasteiger partial charge on any atom is 0.418 e. The van der Waals surface area contributed by atoms with Crippen LogP contribution in [0.25, 0.3) is 0 Å². The molecule has 6 nitrogen and oxygen atoms in total. The van der Waals surface area contributed by atoms with Crippen molar-refractivity contribution in [2.75, 3.05) is 22.5 Å². The van der Waals surface area contributed by atoms with E-state index in [1.54, 1.807) is 18.2 Å². The lowest BCUT2D eigenvalue weighted by Crippen LogP contribution is -2.23. The molecule has 0 aliphatic heterocycles. The lowest BCUT2D eigenvalue weighted by atomic mass is 10.1. The minimum atomic E-state index is -4.68. The fourth-order valence-electron chi connectivity index (χ4n) is 2.41. The topological polar surface area (TPSA) is 87.3 Å². The monoisotopic (exact) mass is 393 g/mol. The Morgan fingerprint density at radius 2 is 1.61 bits per heavy atom. The molecule has 28 heavy (non-hydrogen) atoms. The summed E-state index contributed by atoms with van der Waals surface area (Å²) in [6, 6.07) is 9.44. The quantitative estimate of drug-likeness (QED) is 0.650. The van der Waals surface area contributed by atoms with Gasteiger partial charge in [0.05, 0.1) is 12.1 Å². The molecule has 2 amide bonds. The molecular formula is C19H18F3N3O3. The second kappa shape index (κ2) is 8.55. The van der Waals surface area contributed by atoms with Gasteiger partial charge in [0.2, 0.25) is 11.8 Å². The van der Waals surface area contributed by atoms with Gasteiger partial charge in [-0.2, -0.15) is 13.2 Å². The molecule has 2 rings (SSSR count). The number of carbonyl (C=O) groups is 3. The van der Waals surface area contributed by atoms with Gasteiger partial charge in [-0.1, -0.05) is 12.1 Å². The maximum absolute atomic E-state index is 13.3. The Bertz CT molecular complexity index is 911. The van der Waals surface area contributed by atoms with Crippen molar-refractivity contribution in [1.29, 1.82) is 0 Å². The van der Waals surface area contributed by atoms with Crippen LogP contribution >= 0.6 is 0 Å². The fourth-order valence-corrected chi connectivity index (χ4v) is 2.41. The molecule has 2 aromatic rings. The van der Waals surface area contributed by atoms with E-state index in [-0.39, 0.29) is 17.2 Å². The first-order chi connectivity index (χ1) is 13.1. The molecule has 0 fully saturated rings. The maximum atomic E-state index is 13.3. The first-order valence-electron chi connectivity index (χ1n) is 8.20. The smallest absolute Gasteiger partial charge is 0.376 e. The van der Waals surface area contributed by atoms with Gasteiger partial charge in [0.25, 0.3) is 0 Å². The summed E-state index contributed by atoms with van der Waals surface area (Å²) in [5.74, 6) is -1.26. The number of anilines is 3. The van der Waals surface area contributed by atoms with E-state index in [2.05, 4.69) is 16.0 Å². The molecule has 0 radical (unpaired) electrons.